The maximum Gasteiger partial charge on any atom is 0.238 e. The van der Waals surface area contributed by atoms with Gasteiger partial charge in [0.25, 0.3) is 0 Å². The molecule has 4 nitrogen and oxygen atoms in total. The molecule has 1 aliphatic heterocycles. The van der Waals surface area contributed by atoms with Crippen LogP contribution in [0.3, 0.4) is 0 Å². The number of carbonyl (C=O) groups is 2. The third kappa shape index (κ3) is 3.59. The van der Waals surface area contributed by atoms with E-state index in [4.69, 9.17) is 28.5 Å². The van der Waals surface area contributed by atoms with Crippen LogP contribution >= 0.6 is 35.0 Å². The molecule has 1 fully saturated rings. The molecule has 1 saturated heterocycles. The Morgan fingerprint density at radius 3 is 2.81 bits per heavy atom. The van der Waals surface area contributed by atoms with Crippen LogP contribution in [-0.4, -0.2) is 16.9 Å². The molecule has 1 amide bonds. The molecule has 108 valence electrons. The van der Waals surface area contributed by atoms with Gasteiger partial charge in [0.1, 0.15) is 11.6 Å². The molecule has 7 heteroatoms. The van der Waals surface area contributed by atoms with Crippen molar-refractivity contribution < 1.29 is 9.59 Å². The molecule has 1 atom stereocenters. The molecule has 1 aromatic carbocycles. The lowest BCUT2D eigenvalue weighted by atomic mass is 10.1. The van der Waals surface area contributed by atoms with Gasteiger partial charge >= 0.3 is 0 Å². The Hall–Kier alpha value is -1.48. The van der Waals surface area contributed by atoms with Crippen LogP contribution in [0.2, 0.25) is 10.0 Å². The van der Waals surface area contributed by atoms with E-state index in [-0.39, 0.29) is 17.3 Å². The quantitative estimate of drug-likeness (QED) is 0.678. The first-order valence-corrected chi connectivity index (χ1v) is 7.62. The standard InChI is InChI=1S/C14H10Cl2N2O2S/c1-7(19)10(6-17)14-18-13(20)12(21-14)5-8-4-9(15)2-3-11(8)16/h2-4,12H,5H2,1H3,(H,18,20)/b14-10+/t12-/m1/s1. The number of thioether (sulfide) groups is 1. The molecule has 1 aromatic rings. The number of hydrogen-bond donors (Lipinski definition) is 1. The van der Waals surface area contributed by atoms with Crippen molar-refractivity contribution in [1.82, 2.24) is 5.32 Å². The normalized spacial score (nSPS) is 19.9. The summed E-state index contributed by atoms with van der Waals surface area (Å²) in [6, 6.07) is 6.86. The number of nitriles is 1. The van der Waals surface area contributed by atoms with Gasteiger partial charge in [-0.3, -0.25) is 9.59 Å². The molecule has 0 aromatic heterocycles. The minimum atomic E-state index is -0.446. The van der Waals surface area contributed by atoms with Crippen LogP contribution in [0, 0.1) is 11.3 Å². The molecular formula is C14H10Cl2N2O2S. The summed E-state index contributed by atoms with van der Waals surface area (Å²) in [5.74, 6) is -0.623. The summed E-state index contributed by atoms with van der Waals surface area (Å²) < 4.78 is 0. The van der Waals surface area contributed by atoms with Gasteiger partial charge < -0.3 is 5.32 Å². The third-order valence-corrected chi connectivity index (χ3v) is 4.70. The molecule has 0 spiro atoms. The number of allylic oxidation sites excluding steroid dienone is 1. The first-order chi connectivity index (χ1) is 9.92. The molecule has 0 radical (unpaired) electrons. The highest BCUT2D eigenvalue weighted by molar-refractivity contribution is 8.04. The van der Waals surface area contributed by atoms with Crippen molar-refractivity contribution in [3.05, 3.63) is 44.4 Å². The van der Waals surface area contributed by atoms with Crippen LogP contribution in [0.4, 0.5) is 0 Å². The molecule has 1 N–H and O–H groups in total. The lowest BCUT2D eigenvalue weighted by Gasteiger charge is -2.08. The molecule has 0 bridgehead atoms. The maximum atomic E-state index is 12.0. The average Bonchev–Trinajstić information content (AvgIpc) is 2.75. The highest BCUT2D eigenvalue weighted by atomic mass is 35.5. The van der Waals surface area contributed by atoms with Crippen LogP contribution in [0.15, 0.2) is 28.8 Å². The van der Waals surface area contributed by atoms with Crippen molar-refractivity contribution in [2.75, 3.05) is 0 Å². The lowest BCUT2D eigenvalue weighted by Crippen LogP contribution is -2.24. The Kier molecular flexibility index (Phi) is 4.94. The molecule has 1 heterocycles. The van der Waals surface area contributed by atoms with Gasteiger partial charge in [0, 0.05) is 10.0 Å². The topological polar surface area (TPSA) is 70.0 Å². The van der Waals surface area contributed by atoms with E-state index in [2.05, 4.69) is 5.32 Å². The van der Waals surface area contributed by atoms with Gasteiger partial charge in [0.15, 0.2) is 5.78 Å². The smallest absolute Gasteiger partial charge is 0.238 e. The molecule has 21 heavy (non-hydrogen) atoms. The number of nitrogens with zero attached hydrogens (tertiary/aromatic N) is 1. The van der Waals surface area contributed by atoms with Crippen LogP contribution in [-0.2, 0) is 16.0 Å². The minimum absolute atomic E-state index is 0.0342. The number of benzene rings is 1. The molecule has 0 unspecified atom stereocenters. The SMILES string of the molecule is CC(=O)/C(C#N)=C1\NC(=O)[C@@H](Cc2cc(Cl)ccc2Cl)S1. The van der Waals surface area contributed by atoms with Gasteiger partial charge in [0.05, 0.1) is 10.3 Å². The fraction of sp³-hybridized carbons (Fsp3) is 0.214. The van der Waals surface area contributed by atoms with E-state index >= 15 is 0 Å². The van der Waals surface area contributed by atoms with E-state index < -0.39 is 5.25 Å². The molecule has 2 rings (SSSR count). The number of hydrogen-bond acceptors (Lipinski definition) is 4. The predicted molar refractivity (Wildman–Crippen MR) is 83.0 cm³/mol. The summed E-state index contributed by atoms with van der Waals surface area (Å²) in [4.78, 5) is 23.3. The van der Waals surface area contributed by atoms with E-state index in [1.165, 1.54) is 6.92 Å². The zero-order valence-corrected chi connectivity index (χ0v) is 13.3. The summed E-state index contributed by atoms with van der Waals surface area (Å²) in [7, 11) is 0. The Labute approximate surface area is 136 Å². The van der Waals surface area contributed by atoms with E-state index in [9.17, 15) is 9.59 Å². The molecule has 0 aliphatic carbocycles. The van der Waals surface area contributed by atoms with Crippen LogP contribution in [0.5, 0.6) is 0 Å². The number of halogens is 2. The van der Waals surface area contributed by atoms with Crippen LogP contribution < -0.4 is 5.32 Å². The summed E-state index contributed by atoms with van der Waals surface area (Å²) in [5, 5.41) is 12.5. The average molecular weight is 341 g/mol. The van der Waals surface area contributed by atoms with Crippen molar-refractivity contribution >= 4 is 46.7 Å². The first kappa shape index (κ1) is 15.9. The Bertz CT molecular complexity index is 695. The largest absolute Gasteiger partial charge is 0.318 e. The Morgan fingerprint density at radius 2 is 2.19 bits per heavy atom. The van der Waals surface area contributed by atoms with Gasteiger partial charge in [-0.05, 0) is 37.1 Å². The fourth-order valence-electron chi connectivity index (χ4n) is 1.86. The predicted octanol–water partition coefficient (Wildman–Crippen LogP) is 3.09. The highest BCUT2D eigenvalue weighted by Gasteiger charge is 2.32. The summed E-state index contributed by atoms with van der Waals surface area (Å²) in [6.45, 7) is 1.29. The van der Waals surface area contributed by atoms with Gasteiger partial charge in [0.2, 0.25) is 5.91 Å². The number of amides is 1. The van der Waals surface area contributed by atoms with Gasteiger partial charge in [-0.1, -0.05) is 35.0 Å². The van der Waals surface area contributed by atoms with Gasteiger partial charge in [-0.2, -0.15) is 5.26 Å². The zero-order chi connectivity index (χ0) is 15.6. The van der Waals surface area contributed by atoms with E-state index in [0.29, 0.717) is 21.5 Å². The summed E-state index contributed by atoms with van der Waals surface area (Å²) >= 11 is 13.2. The number of Topliss-reactive ketones (excluding diaryl/α,β-unsaturated/α-hetero) is 1. The van der Waals surface area contributed by atoms with Crippen LogP contribution in [0.25, 0.3) is 0 Å². The second kappa shape index (κ2) is 6.52. The van der Waals surface area contributed by atoms with Crippen molar-refractivity contribution in [3.63, 3.8) is 0 Å². The number of rotatable bonds is 3. The molecule has 0 saturated carbocycles. The van der Waals surface area contributed by atoms with Crippen LogP contribution in [0.1, 0.15) is 12.5 Å². The van der Waals surface area contributed by atoms with E-state index in [0.717, 1.165) is 17.3 Å². The van der Waals surface area contributed by atoms with Crippen molar-refractivity contribution in [3.8, 4) is 6.07 Å². The highest BCUT2D eigenvalue weighted by Crippen LogP contribution is 2.33. The van der Waals surface area contributed by atoms with Gasteiger partial charge in [-0.15, -0.1) is 0 Å². The summed E-state index contributed by atoms with van der Waals surface area (Å²) in [5.41, 5.74) is 0.715. The Balaban J connectivity index is 2.24. The zero-order valence-electron chi connectivity index (χ0n) is 10.9. The van der Waals surface area contributed by atoms with Gasteiger partial charge in [-0.25, -0.2) is 0 Å². The number of nitrogens with one attached hydrogen (secondary N) is 1. The van der Waals surface area contributed by atoms with E-state index in [1.807, 2.05) is 6.07 Å². The maximum absolute atomic E-state index is 12.0. The molecule has 1 aliphatic rings. The molecular weight excluding hydrogens is 331 g/mol. The van der Waals surface area contributed by atoms with Crippen molar-refractivity contribution in [2.45, 2.75) is 18.6 Å². The lowest BCUT2D eigenvalue weighted by molar-refractivity contribution is -0.119. The fourth-order valence-corrected chi connectivity index (χ4v) is 3.43. The van der Waals surface area contributed by atoms with Crippen molar-refractivity contribution in [1.29, 1.82) is 5.26 Å². The summed E-state index contributed by atoms with van der Waals surface area (Å²) in [6.07, 6.45) is 0.371. The monoisotopic (exact) mass is 340 g/mol. The second-order valence-electron chi connectivity index (χ2n) is 4.41. The number of carbonyl (C=O) groups excluding carboxylic acids is 2. The van der Waals surface area contributed by atoms with E-state index in [1.54, 1.807) is 18.2 Å². The first-order valence-electron chi connectivity index (χ1n) is 5.99. The number of ketones is 1. The second-order valence-corrected chi connectivity index (χ2v) is 6.46. The van der Waals surface area contributed by atoms with Crippen molar-refractivity contribution in [2.24, 2.45) is 0 Å². The Morgan fingerprint density at radius 1 is 1.48 bits per heavy atom. The minimum Gasteiger partial charge on any atom is -0.318 e. The third-order valence-electron chi connectivity index (χ3n) is 2.89.